The number of likely N-dealkylation sites (tertiary alicyclic amines) is 1. The first-order chi connectivity index (χ1) is 9.28. The predicted molar refractivity (Wildman–Crippen MR) is 70.0 cm³/mol. The Morgan fingerprint density at radius 3 is 3.05 bits per heavy atom. The molecule has 2 heterocycles. The van der Waals surface area contributed by atoms with Crippen LogP contribution in [0.1, 0.15) is 18.4 Å². The molecule has 1 saturated heterocycles. The Kier molecular flexibility index (Phi) is 2.96. The first-order valence-corrected chi connectivity index (χ1v) is 6.40. The molecule has 1 aromatic carbocycles. The van der Waals surface area contributed by atoms with Crippen molar-refractivity contribution in [1.29, 1.82) is 5.26 Å². The molecule has 2 aromatic rings. The van der Waals surface area contributed by atoms with Crippen LogP contribution in [-0.2, 0) is 11.3 Å². The average molecular weight is 254 g/mol. The minimum atomic E-state index is -0.121. The van der Waals surface area contributed by atoms with Crippen LogP contribution in [0.2, 0.25) is 0 Å². The van der Waals surface area contributed by atoms with Crippen LogP contribution in [0, 0.1) is 17.2 Å². The van der Waals surface area contributed by atoms with E-state index in [-0.39, 0.29) is 11.8 Å². The Morgan fingerprint density at radius 2 is 2.26 bits per heavy atom. The van der Waals surface area contributed by atoms with E-state index < -0.39 is 0 Å². The van der Waals surface area contributed by atoms with Crippen LogP contribution in [0.5, 0.6) is 0 Å². The van der Waals surface area contributed by atoms with E-state index in [4.69, 9.17) is 9.68 Å². The SMILES string of the molecule is N#CC1CCN(Cc2coc3ccccc23)C(=O)C1. The molecule has 1 fully saturated rings. The maximum atomic E-state index is 12.0. The zero-order valence-electron chi connectivity index (χ0n) is 10.5. The van der Waals surface area contributed by atoms with E-state index in [2.05, 4.69) is 6.07 Å². The summed E-state index contributed by atoms with van der Waals surface area (Å²) in [6.45, 7) is 1.21. The van der Waals surface area contributed by atoms with E-state index in [0.717, 1.165) is 23.0 Å². The van der Waals surface area contributed by atoms with Crippen molar-refractivity contribution in [2.45, 2.75) is 19.4 Å². The fourth-order valence-corrected chi connectivity index (χ4v) is 2.52. The molecule has 0 bridgehead atoms. The third-order valence-electron chi connectivity index (χ3n) is 3.63. The summed E-state index contributed by atoms with van der Waals surface area (Å²) < 4.78 is 5.48. The number of carbonyl (C=O) groups is 1. The van der Waals surface area contributed by atoms with Gasteiger partial charge in [-0.2, -0.15) is 5.26 Å². The monoisotopic (exact) mass is 254 g/mol. The van der Waals surface area contributed by atoms with Crippen LogP contribution >= 0.6 is 0 Å². The third-order valence-corrected chi connectivity index (χ3v) is 3.63. The van der Waals surface area contributed by atoms with E-state index in [1.54, 1.807) is 6.26 Å². The minimum absolute atomic E-state index is 0.0584. The number of nitrogens with zero attached hydrogens (tertiary/aromatic N) is 2. The van der Waals surface area contributed by atoms with Gasteiger partial charge in [0.1, 0.15) is 5.58 Å². The van der Waals surface area contributed by atoms with Crippen LogP contribution in [0.3, 0.4) is 0 Å². The minimum Gasteiger partial charge on any atom is -0.464 e. The molecule has 1 atom stereocenters. The first kappa shape index (κ1) is 11.8. The molecule has 19 heavy (non-hydrogen) atoms. The van der Waals surface area contributed by atoms with Gasteiger partial charge in [0, 0.05) is 30.5 Å². The van der Waals surface area contributed by atoms with Gasteiger partial charge in [0.05, 0.1) is 18.3 Å². The molecular formula is C15H14N2O2. The standard InChI is InChI=1S/C15H14N2O2/c16-8-11-5-6-17(15(18)7-11)9-12-10-19-14-4-2-1-3-13(12)14/h1-4,10-11H,5-7,9H2. The van der Waals surface area contributed by atoms with Crippen molar-refractivity contribution in [3.8, 4) is 6.07 Å². The zero-order chi connectivity index (χ0) is 13.2. The van der Waals surface area contributed by atoms with Crippen molar-refractivity contribution < 1.29 is 9.21 Å². The highest BCUT2D eigenvalue weighted by atomic mass is 16.3. The lowest BCUT2D eigenvalue weighted by molar-refractivity contribution is -0.134. The predicted octanol–water partition coefficient (Wildman–Crippen LogP) is 2.69. The fraction of sp³-hybridized carbons (Fsp3) is 0.333. The van der Waals surface area contributed by atoms with Crippen LogP contribution < -0.4 is 0 Å². The Bertz CT molecular complexity index is 653. The third kappa shape index (κ3) is 2.19. The maximum Gasteiger partial charge on any atom is 0.224 e. The molecule has 1 aromatic heterocycles. The molecule has 1 aliphatic heterocycles. The van der Waals surface area contributed by atoms with E-state index >= 15 is 0 Å². The van der Waals surface area contributed by atoms with Gasteiger partial charge < -0.3 is 9.32 Å². The smallest absolute Gasteiger partial charge is 0.224 e. The van der Waals surface area contributed by atoms with E-state index in [1.807, 2.05) is 29.2 Å². The van der Waals surface area contributed by atoms with Gasteiger partial charge in [-0.05, 0) is 12.5 Å². The Balaban J connectivity index is 1.79. The molecule has 4 heteroatoms. The summed E-state index contributed by atoms with van der Waals surface area (Å²) in [6, 6.07) is 9.99. The number of benzene rings is 1. The highest BCUT2D eigenvalue weighted by Gasteiger charge is 2.26. The summed E-state index contributed by atoms with van der Waals surface area (Å²) in [4.78, 5) is 13.8. The molecule has 96 valence electrons. The van der Waals surface area contributed by atoms with Crippen molar-refractivity contribution >= 4 is 16.9 Å². The molecule has 0 aliphatic carbocycles. The van der Waals surface area contributed by atoms with Gasteiger partial charge in [-0.25, -0.2) is 0 Å². The van der Waals surface area contributed by atoms with E-state index in [0.29, 0.717) is 19.5 Å². The Labute approximate surface area is 111 Å². The number of amides is 1. The van der Waals surface area contributed by atoms with Crippen LogP contribution in [0.15, 0.2) is 34.9 Å². The summed E-state index contributed by atoms with van der Waals surface area (Å²) in [5, 5.41) is 9.91. The summed E-state index contributed by atoms with van der Waals surface area (Å²) in [6.07, 6.45) is 2.82. The number of hydrogen-bond donors (Lipinski definition) is 0. The molecule has 0 N–H and O–H groups in total. The van der Waals surface area contributed by atoms with E-state index in [1.165, 1.54) is 0 Å². The van der Waals surface area contributed by atoms with Crippen LogP contribution in [0.4, 0.5) is 0 Å². The number of nitriles is 1. The largest absolute Gasteiger partial charge is 0.464 e. The van der Waals surface area contributed by atoms with Crippen molar-refractivity contribution in [2.24, 2.45) is 5.92 Å². The summed E-state index contributed by atoms with van der Waals surface area (Å²) in [5.41, 5.74) is 1.87. The molecule has 3 rings (SSSR count). The average Bonchev–Trinajstić information content (AvgIpc) is 2.84. The normalized spacial score (nSPS) is 19.6. The number of piperidine rings is 1. The quantitative estimate of drug-likeness (QED) is 0.827. The number of rotatable bonds is 2. The second-order valence-corrected chi connectivity index (χ2v) is 4.89. The maximum absolute atomic E-state index is 12.0. The summed E-state index contributed by atoms with van der Waals surface area (Å²) >= 11 is 0. The zero-order valence-corrected chi connectivity index (χ0v) is 10.5. The number of para-hydroxylation sites is 1. The van der Waals surface area contributed by atoms with Gasteiger partial charge in [0.15, 0.2) is 0 Å². The van der Waals surface area contributed by atoms with Crippen LogP contribution in [-0.4, -0.2) is 17.4 Å². The molecule has 0 saturated carbocycles. The van der Waals surface area contributed by atoms with Gasteiger partial charge in [-0.15, -0.1) is 0 Å². The summed E-state index contributed by atoms with van der Waals surface area (Å²) in [7, 11) is 0. The van der Waals surface area contributed by atoms with Crippen molar-refractivity contribution in [1.82, 2.24) is 4.90 Å². The summed E-state index contributed by atoms with van der Waals surface area (Å²) in [5.74, 6) is -0.0621. The number of carbonyl (C=O) groups excluding carboxylic acids is 1. The lowest BCUT2D eigenvalue weighted by Crippen LogP contribution is -2.37. The van der Waals surface area contributed by atoms with Crippen molar-refractivity contribution in [3.05, 3.63) is 36.1 Å². The molecule has 1 aliphatic rings. The van der Waals surface area contributed by atoms with Crippen molar-refractivity contribution in [3.63, 3.8) is 0 Å². The Morgan fingerprint density at radius 1 is 1.42 bits per heavy atom. The highest BCUT2D eigenvalue weighted by Crippen LogP contribution is 2.25. The lowest BCUT2D eigenvalue weighted by atomic mass is 9.97. The van der Waals surface area contributed by atoms with Gasteiger partial charge in [-0.3, -0.25) is 4.79 Å². The topological polar surface area (TPSA) is 57.2 Å². The van der Waals surface area contributed by atoms with Crippen molar-refractivity contribution in [2.75, 3.05) is 6.54 Å². The first-order valence-electron chi connectivity index (χ1n) is 6.40. The molecule has 1 unspecified atom stereocenters. The lowest BCUT2D eigenvalue weighted by Gasteiger charge is -2.28. The number of fused-ring (bicyclic) bond motifs is 1. The number of furan rings is 1. The molecule has 4 nitrogen and oxygen atoms in total. The van der Waals surface area contributed by atoms with E-state index in [9.17, 15) is 4.79 Å². The van der Waals surface area contributed by atoms with Gasteiger partial charge in [-0.1, -0.05) is 18.2 Å². The fourth-order valence-electron chi connectivity index (χ4n) is 2.52. The van der Waals surface area contributed by atoms with Gasteiger partial charge in [0.2, 0.25) is 5.91 Å². The molecule has 0 radical (unpaired) electrons. The highest BCUT2D eigenvalue weighted by molar-refractivity contribution is 5.82. The Hall–Kier alpha value is -2.28. The van der Waals surface area contributed by atoms with Gasteiger partial charge in [0.25, 0.3) is 0 Å². The molecule has 0 spiro atoms. The molecule has 1 amide bonds. The van der Waals surface area contributed by atoms with Crippen LogP contribution in [0.25, 0.3) is 11.0 Å². The second kappa shape index (κ2) is 4.77. The molecular weight excluding hydrogens is 240 g/mol. The number of hydrogen-bond acceptors (Lipinski definition) is 3. The van der Waals surface area contributed by atoms with Gasteiger partial charge >= 0.3 is 0 Å². The second-order valence-electron chi connectivity index (χ2n) is 4.89.